The zero-order chi connectivity index (χ0) is 16.6. The Morgan fingerprint density at radius 2 is 2.22 bits per heavy atom. The maximum Gasteiger partial charge on any atom is 0.393 e. The van der Waals surface area contributed by atoms with Crippen molar-refractivity contribution in [2.75, 3.05) is 13.1 Å². The molecule has 1 atom stereocenters. The lowest BCUT2D eigenvalue weighted by atomic mass is 9.97. The van der Waals surface area contributed by atoms with Crippen molar-refractivity contribution < 1.29 is 18.0 Å². The number of hydrogen-bond acceptors (Lipinski definition) is 4. The highest BCUT2D eigenvalue weighted by Gasteiger charge is 2.43. The Morgan fingerprint density at radius 3 is 2.87 bits per heavy atom. The van der Waals surface area contributed by atoms with Crippen LogP contribution >= 0.6 is 22.7 Å². The Morgan fingerprint density at radius 1 is 1.43 bits per heavy atom. The molecular formula is C15H15F3N2OS2. The Bertz CT molecular complexity index is 694. The predicted octanol–water partition coefficient (Wildman–Crippen LogP) is 4.59. The molecule has 1 aliphatic rings. The van der Waals surface area contributed by atoms with E-state index in [9.17, 15) is 18.0 Å². The van der Waals surface area contributed by atoms with E-state index in [1.807, 2.05) is 16.8 Å². The van der Waals surface area contributed by atoms with E-state index in [0.717, 1.165) is 10.6 Å². The van der Waals surface area contributed by atoms with Crippen LogP contribution in [0.15, 0.2) is 16.8 Å². The first-order chi connectivity index (χ1) is 10.9. The van der Waals surface area contributed by atoms with Gasteiger partial charge in [0.2, 0.25) is 0 Å². The van der Waals surface area contributed by atoms with E-state index in [4.69, 9.17) is 0 Å². The van der Waals surface area contributed by atoms with Crippen LogP contribution in [-0.2, 0) is 0 Å². The zero-order valence-corrected chi connectivity index (χ0v) is 14.0. The van der Waals surface area contributed by atoms with Crippen LogP contribution in [0.1, 0.15) is 28.2 Å². The first-order valence-corrected chi connectivity index (χ1v) is 8.98. The summed E-state index contributed by atoms with van der Waals surface area (Å²) in [6.07, 6.45) is -3.77. The number of rotatable bonds is 2. The van der Waals surface area contributed by atoms with Gasteiger partial charge in [0.05, 0.1) is 11.6 Å². The third-order valence-electron chi connectivity index (χ3n) is 3.93. The number of piperidine rings is 1. The topological polar surface area (TPSA) is 33.2 Å². The van der Waals surface area contributed by atoms with Crippen LogP contribution in [0.5, 0.6) is 0 Å². The summed E-state index contributed by atoms with van der Waals surface area (Å²) in [6, 6.07) is 1.91. The monoisotopic (exact) mass is 360 g/mol. The number of nitrogens with zero attached hydrogens (tertiary/aromatic N) is 2. The number of halogens is 3. The summed E-state index contributed by atoms with van der Waals surface area (Å²) in [6.45, 7) is 1.84. The highest BCUT2D eigenvalue weighted by Crippen LogP contribution is 2.35. The number of alkyl halides is 3. The van der Waals surface area contributed by atoms with Crippen molar-refractivity contribution in [3.8, 4) is 10.6 Å². The van der Waals surface area contributed by atoms with Gasteiger partial charge in [-0.1, -0.05) is 0 Å². The molecule has 23 heavy (non-hydrogen) atoms. The molecule has 3 rings (SSSR count). The van der Waals surface area contributed by atoms with Crippen LogP contribution in [0.2, 0.25) is 0 Å². The summed E-state index contributed by atoms with van der Waals surface area (Å²) >= 11 is 2.79. The second-order valence-electron chi connectivity index (χ2n) is 5.58. The molecule has 3 nitrogen and oxygen atoms in total. The van der Waals surface area contributed by atoms with Gasteiger partial charge in [0, 0.05) is 24.0 Å². The van der Waals surface area contributed by atoms with Gasteiger partial charge in [-0.05, 0) is 31.2 Å². The zero-order valence-electron chi connectivity index (χ0n) is 12.4. The molecule has 2 aromatic rings. The highest BCUT2D eigenvalue weighted by atomic mass is 32.1. The number of thiazole rings is 1. The van der Waals surface area contributed by atoms with Gasteiger partial charge in [-0.3, -0.25) is 4.79 Å². The van der Waals surface area contributed by atoms with E-state index in [0.29, 0.717) is 23.5 Å². The molecule has 1 aliphatic heterocycles. The third-order valence-corrected chi connectivity index (χ3v) is 5.81. The van der Waals surface area contributed by atoms with E-state index >= 15 is 0 Å². The molecule has 124 valence electrons. The first-order valence-electron chi connectivity index (χ1n) is 7.22. The predicted molar refractivity (Wildman–Crippen MR) is 84.8 cm³/mol. The van der Waals surface area contributed by atoms with Gasteiger partial charge in [0.1, 0.15) is 9.88 Å². The summed E-state index contributed by atoms with van der Waals surface area (Å²) in [5.74, 6) is -1.76. The Labute approximate surface area is 139 Å². The minimum absolute atomic E-state index is 0.0924. The largest absolute Gasteiger partial charge is 0.393 e. The highest BCUT2D eigenvalue weighted by molar-refractivity contribution is 7.17. The minimum atomic E-state index is -4.25. The smallest absolute Gasteiger partial charge is 0.337 e. The Hall–Kier alpha value is -1.41. The van der Waals surface area contributed by atoms with Gasteiger partial charge in [-0.25, -0.2) is 4.98 Å². The number of likely N-dealkylation sites (tertiary alicyclic amines) is 1. The average Bonchev–Trinajstić information content (AvgIpc) is 3.15. The van der Waals surface area contributed by atoms with Gasteiger partial charge in [0.15, 0.2) is 0 Å². The second-order valence-corrected chi connectivity index (χ2v) is 7.36. The standard InChI is InChI=1S/C15H15F3N2OS2/c1-9-12(23-13(19-9)10-4-6-22-8-10)14(21)20-5-2-3-11(7-20)15(16,17)18/h4,6,8,11H,2-3,5,7H2,1H3. The summed E-state index contributed by atoms with van der Waals surface area (Å²) in [5, 5.41) is 4.59. The molecular weight excluding hydrogens is 345 g/mol. The Balaban J connectivity index is 1.80. The van der Waals surface area contributed by atoms with Gasteiger partial charge < -0.3 is 4.90 Å². The normalized spacial score (nSPS) is 19.1. The molecule has 1 fully saturated rings. The van der Waals surface area contributed by atoms with Crippen molar-refractivity contribution in [1.82, 2.24) is 9.88 Å². The molecule has 0 bridgehead atoms. The molecule has 2 aromatic heterocycles. The van der Waals surface area contributed by atoms with Gasteiger partial charge in [-0.2, -0.15) is 24.5 Å². The molecule has 8 heteroatoms. The fraction of sp³-hybridized carbons (Fsp3) is 0.467. The summed E-state index contributed by atoms with van der Waals surface area (Å²) in [4.78, 5) is 18.8. The van der Waals surface area contributed by atoms with Crippen molar-refractivity contribution in [3.63, 3.8) is 0 Å². The SMILES string of the molecule is Cc1nc(-c2ccsc2)sc1C(=O)N1CCCC(C(F)(F)F)C1. The fourth-order valence-electron chi connectivity index (χ4n) is 2.68. The maximum atomic E-state index is 12.9. The number of thiophene rings is 1. The van der Waals surface area contributed by atoms with E-state index in [2.05, 4.69) is 4.98 Å². The van der Waals surface area contributed by atoms with Crippen LogP contribution in [0.3, 0.4) is 0 Å². The first kappa shape index (κ1) is 16.4. The van der Waals surface area contributed by atoms with Gasteiger partial charge in [0.25, 0.3) is 5.91 Å². The molecule has 1 amide bonds. The maximum absolute atomic E-state index is 12.9. The van der Waals surface area contributed by atoms with Crippen molar-refractivity contribution >= 4 is 28.6 Å². The minimum Gasteiger partial charge on any atom is -0.337 e. The molecule has 0 radical (unpaired) electrons. The molecule has 0 aliphatic carbocycles. The van der Waals surface area contributed by atoms with E-state index in [-0.39, 0.29) is 18.9 Å². The summed E-state index contributed by atoms with van der Waals surface area (Å²) in [5.41, 5.74) is 1.52. The molecule has 3 heterocycles. The summed E-state index contributed by atoms with van der Waals surface area (Å²) < 4.78 is 38.7. The number of carbonyl (C=O) groups excluding carboxylic acids is 1. The number of carbonyl (C=O) groups is 1. The van der Waals surface area contributed by atoms with Crippen LogP contribution in [-0.4, -0.2) is 35.1 Å². The third kappa shape index (κ3) is 3.42. The van der Waals surface area contributed by atoms with Gasteiger partial charge in [-0.15, -0.1) is 11.3 Å². The quantitative estimate of drug-likeness (QED) is 0.784. The average molecular weight is 360 g/mol. The van der Waals surface area contributed by atoms with E-state index in [1.165, 1.54) is 27.6 Å². The molecule has 0 N–H and O–H groups in total. The van der Waals surface area contributed by atoms with Crippen molar-refractivity contribution in [1.29, 1.82) is 0 Å². The lowest BCUT2D eigenvalue weighted by molar-refractivity contribution is -0.184. The number of amides is 1. The lowest BCUT2D eigenvalue weighted by Crippen LogP contribution is -2.44. The van der Waals surface area contributed by atoms with Crippen LogP contribution in [0, 0.1) is 12.8 Å². The molecule has 1 saturated heterocycles. The van der Waals surface area contributed by atoms with Gasteiger partial charge >= 0.3 is 6.18 Å². The second kappa shape index (κ2) is 6.24. The number of aryl methyl sites for hydroxylation is 1. The van der Waals surface area contributed by atoms with E-state index < -0.39 is 12.1 Å². The van der Waals surface area contributed by atoms with Crippen LogP contribution < -0.4 is 0 Å². The van der Waals surface area contributed by atoms with Crippen LogP contribution in [0.25, 0.3) is 10.6 Å². The van der Waals surface area contributed by atoms with Crippen molar-refractivity contribution in [2.45, 2.75) is 25.9 Å². The number of aromatic nitrogens is 1. The Kier molecular flexibility index (Phi) is 4.46. The molecule has 1 unspecified atom stereocenters. The lowest BCUT2D eigenvalue weighted by Gasteiger charge is -2.33. The van der Waals surface area contributed by atoms with E-state index in [1.54, 1.807) is 6.92 Å². The summed E-state index contributed by atoms with van der Waals surface area (Å²) in [7, 11) is 0. The molecule has 0 spiro atoms. The van der Waals surface area contributed by atoms with Crippen molar-refractivity contribution in [3.05, 3.63) is 27.4 Å². The molecule has 0 saturated carbocycles. The number of hydrogen-bond donors (Lipinski definition) is 0. The van der Waals surface area contributed by atoms with Crippen LogP contribution in [0.4, 0.5) is 13.2 Å². The molecule has 0 aromatic carbocycles. The fourth-order valence-corrected chi connectivity index (χ4v) is 4.42. The van der Waals surface area contributed by atoms with Crippen molar-refractivity contribution in [2.24, 2.45) is 5.92 Å².